The number of ether oxygens (including phenoxy) is 3. The second-order valence-corrected chi connectivity index (χ2v) is 18.0. The number of alkyl halides is 1. The number of hydrogen-bond donors (Lipinski definition) is 3. The molecule has 7 saturated heterocycles. The number of rotatable bonds is 4. The average molecular weight is 793 g/mol. The summed E-state index contributed by atoms with van der Waals surface area (Å²) in [6.07, 6.45) is 8.30. The van der Waals surface area contributed by atoms with E-state index in [0.717, 1.165) is 76.6 Å². The summed E-state index contributed by atoms with van der Waals surface area (Å²) in [6, 6.07) is 4.96. The number of fused-ring (bicyclic) bond motifs is 10. The molecule has 0 spiro atoms. The maximum absolute atomic E-state index is 15.6. The van der Waals surface area contributed by atoms with E-state index in [9.17, 15) is 4.39 Å². The number of hydrogen-bond acceptors (Lipinski definition) is 13. The lowest BCUT2D eigenvalue weighted by Gasteiger charge is -2.52. The molecule has 14 nitrogen and oxygen atoms in total. The number of benzene rings is 1. The van der Waals surface area contributed by atoms with E-state index in [1.54, 1.807) is 10.9 Å². The van der Waals surface area contributed by atoms with Crippen LogP contribution in [-0.4, -0.2) is 156 Å². The van der Waals surface area contributed by atoms with Gasteiger partial charge in [0.15, 0.2) is 5.65 Å². The van der Waals surface area contributed by atoms with Crippen LogP contribution in [0, 0.1) is 11.7 Å². The zero-order valence-corrected chi connectivity index (χ0v) is 32.6. The Balaban J connectivity index is 0.985. The summed E-state index contributed by atoms with van der Waals surface area (Å²) in [5.41, 5.74) is 0.756. The molecule has 1 saturated carbocycles. The third-order valence-corrected chi connectivity index (χ3v) is 14.4. The van der Waals surface area contributed by atoms with Crippen LogP contribution in [0.3, 0.4) is 0 Å². The van der Waals surface area contributed by atoms with Crippen LogP contribution in [0.1, 0.15) is 62.4 Å². The first-order chi connectivity index (χ1) is 29.0. The monoisotopic (exact) mass is 792 g/mol. The minimum atomic E-state index is -2.81. The molecule has 1 aromatic carbocycles. The Kier molecular flexibility index (Phi) is 8.71. The van der Waals surface area contributed by atoms with E-state index in [1.165, 1.54) is 12.1 Å². The van der Waals surface area contributed by atoms with Crippen molar-refractivity contribution in [2.24, 2.45) is 5.92 Å². The highest BCUT2D eigenvalue weighted by Gasteiger charge is 2.51. The topological polar surface area (TPSA) is 120 Å². The third kappa shape index (κ3) is 6.57. The molecule has 2 aromatic heterocycles. The molecule has 57 heavy (non-hydrogen) atoms. The predicted molar refractivity (Wildman–Crippen MR) is 211 cm³/mol. The molecule has 308 valence electrons. The van der Waals surface area contributed by atoms with Crippen molar-refractivity contribution in [1.82, 2.24) is 45.5 Å². The molecule has 9 heterocycles. The van der Waals surface area contributed by atoms with Crippen LogP contribution in [0.4, 0.5) is 20.5 Å². The quantitative estimate of drug-likeness (QED) is 0.360. The van der Waals surface area contributed by atoms with Crippen molar-refractivity contribution in [1.29, 1.82) is 0 Å². The molecular formula is C41H57F2N11O3. The van der Waals surface area contributed by atoms with Gasteiger partial charge in [0.2, 0.25) is 5.95 Å². The van der Waals surface area contributed by atoms with Gasteiger partial charge in [-0.3, -0.25) is 25.8 Å². The molecule has 1 aliphatic carbocycles. The minimum Gasteiger partial charge on any atom is -0.494 e. The van der Waals surface area contributed by atoms with Gasteiger partial charge >= 0.3 is 0 Å². The lowest BCUT2D eigenvalue weighted by Crippen LogP contribution is -2.64. The molecule has 0 amide bonds. The molecule has 10 unspecified atom stereocenters. The van der Waals surface area contributed by atoms with Gasteiger partial charge in [0.05, 0.1) is 66.5 Å². The Morgan fingerprint density at radius 1 is 0.947 bits per heavy atom. The highest BCUT2D eigenvalue weighted by atomic mass is 19.1. The van der Waals surface area contributed by atoms with Crippen LogP contribution in [0.25, 0.3) is 16.7 Å². The van der Waals surface area contributed by atoms with Gasteiger partial charge in [0.25, 0.3) is 0 Å². The van der Waals surface area contributed by atoms with Gasteiger partial charge in [-0.05, 0) is 76.3 Å². The van der Waals surface area contributed by atoms with Crippen molar-refractivity contribution in [3.05, 3.63) is 30.2 Å². The Morgan fingerprint density at radius 2 is 1.86 bits per heavy atom. The largest absolute Gasteiger partial charge is 0.494 e. The van der Waals surface area contributed by atoms with Crippen LogP contribution in [0.2, 0.25) is 0 Å². The first kappa shape index (κ1) is 33.6. The van der Waals surface area contributed by atoms with Crippen LogP contribution in [0.15, 0.2) is 24.4 Å². The molecule has 8 aliphatic rings. The normalized spacial score (nSPS) is 40.5. The van der Waals surface area contributed by atoms with Crippen LogP contribution >= 0.6 is 0 Å². The number of anilines is 2. The molecule has 3 aromatic rings. The Morgan fingerprint density at radius 3 is 2.74 bits per heavy atom. The zero-order chi connectivity index (χ0) is 40.9. The van der Waals surface area contributed by atoms with Gasteiger partial charge in [-0.1, -0.05) is 0 Å². The molecule has 0 radical (unpaired) electrons. The van der Waals surface area contributed by atoms with Crippen molar-refractivity contribution in [2.75, 3.05) is 69.4 Å². The third-order valence-electron chi connectivity index (χ3n) is 14.4. The first-order valence-corrected chi connectivity index (χ1v) is 21.4. The highest BCUT2D eigenvalue weighted by Crippen LogP contribution is 2.42. The SMILES string of the molecule is [2H]C([2H])([2H])Oc1cc(F)ccc1-n1ncc2c(N3C[C@@H]4C[C@H]3CN3CCCO[C@@H](C3)CN3C(C)NC5CC(F)CC(C6CCCC(N6)N4)C53)nc(N3C4COCC3C4)nc21. The van der Waals surface area contributed by atoms with Gasteiger partial charge in [-0.25, -0.2) is 13.5 Å². The van der Waals surface area contributed by atoms with Crippen LogP contribution in [-0.2, 0) is 9.47 Å². The summed E-state index contributed by atoms with van der Waals surface area (Å²) >= 11 is 0. The van der Waals surface area contributed by atoms with Gasteiger partial charge in [0.1, 0.15) is 29.2 Å². The van der Waals surface area contributed by atoms with Crippen molar-refractivity contribution < 1.29 is 27.1 Å². The fraction of sp³-hybridized carbons (Fsp3) is 0.732. The van der Waals surface area contributed by atoms with Crippen molar-refractivity contribution >= 4 is 22.8 Å². The number of aromatic nitrogens is 4. The molecule has 3 N–H and O–H groups in total. The summed E-state index contributed by atoms with van der Waals surface area (Å²) in [4.78, 5) is 20.4. The minimum absolute atomic E-state index is 0.0193. The van der Waals surface area contributed by atoms with E-state index in [0.29, 0.717) is 56.2 Å². The Bertz CT molecular complexity index is 2050. The van der Waals surface area contributed by atoms with Gasteiger partial charge in [0, 0.05) is 75.6 Å². The van der Waals surface area contributed by atoms with Gasteiger partial charge < -0.3 is 24.0 Å². The van der Waals surface area contributed by atoms with Gasteiger partial charge in [-0.2, -0.15) is 15.1 Å². The maximum Gasteiger partial charge on any atom is 0.230 e. The lowest BCUT2D eigenvalue weighted by molar-refractivity contribution is -0.00972. The van der Waals surface area contributed by atoms with Crippen LogP contribution < -0.4 is 30.5 Å². The first-order valence-electron chi connectivity index (χ1n) is 22.9. The van der Waals surface area contributed by atoms with Crippen molar-refractivity contribution in [3.8, 4) is 11.4 Å². The standard InChI is InChI=1S/C41H57F2N11O3/c1-23-45-34-12-25(43)11-31-33-5-3-6-37(47-33)46-26-14-27(18-50-9-4-10-57-30(19-50)20-51(23)38(31)34)52(17-26)39-32-16-44-54(35-8-7-24(42)13-36(35)55-2)40(32)49-41(48-39)53-28-15-29(53)22-56-21-28/h7-8,13,16,23,25-31,33-34,37-38,45-47H,3-6,9-12,14-15,17-22H2,1-2H3/t23?,25?,26-,27-,28?,29?,30-,31?,33?,34?,37?,38?/m0/s1/i2D3. The molecule has 8 fully saturated rings. The number of nitrogens with one attached hydrogen (secondary N) is 3. The Labute approximate surface area is 337 Å². The fourth-order valence-electron chi connectivity index (χ4n) is 12.0. The number of piperidine rings is 1. The molecule has 13 atom stereocenters. The van der Waals surface area contributed by atoms with Crippen molar-refractivity contribution in [3.63, 3.8) is 0 Å². The smallest absolute Gasteiger partial charge is 0.230 e. The summed E-state index contributed by atoms with van der Waals surface area (Å²) in [6.45, 7) is 8.18. The second-order valence-electron chi connectivity index (χ2n) is 18.0. The van der Waals surface area contributed by atoms with E-state index in [1.807, 2.05) is 0 Å². The summed E-state index contributed by atoms with van der Waals surface area (Å²) in [5, 5.41) is 17.4. The lowest BCUT2D eigenvalue weighted by atomic mass is 9.74. The van der Waals surface area contributed by atoms with E-state index in [2.05, 4.69) is 42.5 Å². The van der Waals surface area contributed by atoms with Crippen molar-refractivity contribution in [2.45, 2.75) is 125 Å². The maximum atomic E-state index is 15.6. The second kappa shape index (κ2) is 14.8. The van der Waals surface area contributed by atoms with Gasteiger partial charge in [-0.15, -0.1) is 0 Å². The zero-order valence-electron chi connectivity index (χ0n) is 35.6. The predicted octanol–water partition coefficient (Wildman–Crippen LogP) is 2.79. The highest BCUT2D eigenvalue weighted by molar-refractivity contribution is 5.90. The average Bonchev–Trinajstić information content (AvgIpc) is 3.84. The molecular weight excluding hydrogens is 733 g/mol. The number of methoxy groups -OCH3 is 1. The molecule has 8 bridgehead atoms. The van der Waals surface area contributed by atoms with E-state index >= 15 is 4.39 Å². The molecule has 7 aliphatic heterocycles. The summed E-state index contributed by atoms with van der Waals surface area (Å²) in [5.74, 6) is 0.760. The number of nitrogens with zero attached hydrogens (tertiary/aromatic N) is 8. The summed E-state index contributed by atoms with van der Waals surface area (Å²) < 4.78 is 73.0. The molecule has 16 heteroatoms. The Hall–Kier alpha value is -3.25. The fourth-order valence-corrected chi connectivity index (χ4v) is 12.0. The summed E-state index contributed by atoms with van der Waals surface area (Å²) in [7, 11) is -2.81. The van der Waals surface area contributed by atoms with E-state index < -0.39 is 19.0 Å². The molecule has 11 rings (SSSR count). The van der Waals surface area contributed by atoms with Crippen LogP contribution in [0.5, 0.6) is 5.75 Å². The van der Waals surface area contributed by atoms with E-state index in [4.69, 9.17) is 33.4 Å². The number of halogens is 2. The number of morpholine rings is 1. The van der Waals surface area contributed by atoms with E-state index in [-0.39, 0.29) is 78.1 Å².